The van der Waals surface area contributed by atoms with Crippen LogP contribution in [0.25, 0.3) is 4.85 Å². The van der Waals surface area contributed by atoms with Gasteiger partial charge in [0, 0.05) is 18.5 Å². The minimum Gasteiger partial charge on any atom is -0.314 e. The average molecular weight is 190 g/mol. The van der Waals surface area contributed by atoms with E-state index in [-0.39, 0.29) is 5.82 Å². The third kappa shape index (κ3) is 1.56. The number of hydrogen-bond acceptors (Lipinski definition) is 1. The number of anilines is 1. The molecule has 0 unspecified atom stereocenters. The lowest BCUT2D eigenvalue weighted by molar-refractivity contribution is 0.343. The summed E-state index contributed by atoms with van der Waals surface area (Å²) in [6, 6.07) is 6.25. The Hall–Kier alpha value is -1.56. The number of hydrogen-bond donors (Lipinski definition) is 1. The molecule has 2 rings (SSSR count). The highest BCUT2D eigenvalue weighted by Crippen LogP contribution is 2.36. The van der Waals surface area contributed by atoms with Gasteiger partial charge < -0.3 is 5.32 Å². The van der Waals surface area contributed by atoms with Gasteiger partial charge in [-0.3, -0.25) is 4.85 Å². The summed E-state index contributed by atoms with van der Waals surface area (Å²) >= 11 is 0. The van der Waals surface area contributed by atoms with Crippen LogP contribution in [0.4, 0.5) is 10.1 Å². The lowest BCUT2D eigenvalue weighted by Gasteiger charge is -2.31. The Bertz CT molecular complexity index is 377. The quantitative estimate of drug-likeness (QED) is 0.709. The summed E-state index contributed by atoms with van der Waals surface area (Å²) in [5.41, 5.74) is 0.231. The number of nitrogens with one attached hydrogen (secondary N) is 1. The van der Waals surface area contributed by atoms with Crippen molar-refractivity contribution < 1.29 is 4.39 Å². The SMILES string of the molecule is [C-]#[N+]C1(Nc2cccc(F)c2)CCC1. The van der Waals surface area contributed by atoms with E-state index >= 15 is 0 Å². The summed E-state index contributed by atoms with van der Waals surface area (Å²) in [6.07, 6.45) is 2.78. The van der Waals surface area contributed by atoms with Gasteiger partial charge in [-0.1, -0.05) is 6.07 Å². The van der Waals surface area contributed by atoms with E-state index in [1.807, 2.05) is 0 Å². The second-order valence-corrected chi connectivity index (χ2v) is 3.63. The van der Waals surface area contributed by atoms with E-state index in [1.165, 1.54) is 12.1 Å². The highest BCUT2D eigenvalue weighted by Gasteiger charge is 2.43. The Morgan fingerprint density at radius 1 is 1.43 bits per heavy atom. The van der Waals surface area contributed by atoms with Crippen LogP contribution in [-0.4, -0.2) is 5.66 Å². The van der Waals surface area contributed by atoms with Crippen LogP contribution < -0.4 is 5.32 Å². The minimum absolute atomic E-state index is 0.269. The van der Waals surface area contributed by atoms with Crippen LogP contribution in [0.1, 0.15) is 19.3 Å². The number of nitrogens with zero attached hydrogens (tertiary/aromatic N) is 1. The first-order chi connectivity index (χ1) is 6.74. The molecule has 0 heterocycles. The second kappa shape index (κ2) is 3.30. The summed E-state index contributed by atoms with van der Waals surface area (Å²) in [4.78, 5) is 3.57. The van der Waals surface area contributed by atoms with Gasteiger partial charge in [-0.25, -0.2) is 11.0 Å². The van der Waals surface area contributed by atoms with Crippen molar-refractivity contribution in [3.63, 3.8) is 0 Å². The molecule has 1 aromatic carbocycles. The topological polar surface area (TPSA) is 16.4 Å². The van der Waals surface area contributed by atoms with Crippen molar-refractivity contribution >= 4 is 5.69 Å². The van der Waals surface area contributed by atoms with Crippen molar-refractivity contribution in [1.29, 1.82) is 0 Å². The molecule has 0 bridgehead atoms. The molecule has 0 aromatic heterocycles. The number of rotatable bonds is 2. The van der Waals surface area contributed by atoms with Gasteiger partial charge in [0.15, 0.2) is 0 Å². The molecule has 1 aliphatic rings. The first kappa shape index (κ1) is 9.01. The van der Waals surface area contributed by atoms with Gasteiger partial charge in [0.1, 0.15) is 5.82 Å². The van der Waals surface area contributed by atoms with E-state index in [2.05, 4.69) is 10.2 Å². The van der Waals surface area contributed by atoms with Crippen molar-refractivity contribution in [3.8, 4) is 0 Å². The highest BCUT2D eigenvalue weighted by molar-refractivity contribution is 5.47. The van der Waals surface area contributed by atoms with Crippen LogP contribution in [0.5, 0.6) is 0 Å². The molecule has 3 heteroatoms. The predicted octanol–water partition coefficient (Wildman–Crippen LogP) is 3.04. The van der Waals surface area contributed by atoms with E-state index < -0.39 is 5.66 Å². The molecule has 0 atom stereocenters. The smallest absolute Gasteiger partial charge is 0.305 e. The minimum atomic E-state index is -0.464. The monoisotopic (exact) mass is 190 g/mol. The van der Waals surface area contributed by atoms with E-state index in [0.29, 0.717) is 5.69 Å². The van der Waals surface area contributed by atoms with Crippen molar-refractivity contribution in [2.75, 3.05) is 5.32 Å². The standard InChI is InChI=1S/C11H11FN2/c1-13-11(6-3-7-11)14-10-5-2-4-9(12)8-10/h2,4-5,8,14H,3,6-7H2. The molecule has 0 spiro atoms. The molecule has 0 radical (unpaired) electrons. The maximum atomic E-state index is 12.9. The lowest BCUT2D eigenvalue weighted by Crippen LogP contribution is -2.41. The first-order valence-electron chi connectivity index (χ1n) is 4.66. The summed E-state index contributed by atoms with van der Waals surface area (Å²) in [7, 11) is 0. The Balaban J connectivity index is 2.14. The number of halogens is 1. The third-order valence-electron chi connectivity index (χ3n) is 2.60. The highest BCUT2D eigenvalue weighted by atomic mass is 19.1. The van der Waals surface area contributed by atoms with E-state index in [4.69, 9.17) is 6.57 Å². The molecule has 1 aliphatic carbocycles. The van der Waals surface area contributed by atoms with E-state index in [0.717, 1.165) is 19.3 Å². The maximum Gasteiger partial charge on any atom is 0.305 e. The lowest BCUT2D eigenvalue weighted by atomic mass is 9.85. The molecule has 0 saturated heterocycles. The zero-order chi connectivity index (χ0) is 10.0. The molecule has 1 saturated carbocycles. The Morgan fingerprint density at radius 3 is 2.71 bits per heavy atom. The second-order valence-electron chi connectivity index (χ2n) is 3.63. The molecule has 1 fully saturated rings. The fourth-order valence-electron chi connectivity index (χ4n) is 1.61. The average Bonchev–Trinajstić information content (AvgIpc) is 2.11. The number of benzene rings is 1. The van der Waals surface area contributed by atoms with Crippen LogP contribution in [0, 0.1) is 12.4 Å². The predicted molar refractivity (Wildman–Crippen MR) is 53.2 cm³/mol. The van der Waals surface area contributed by atoms with Crippen LogP contribution in [0.15, 0.2) is 24.3 Å². The molecule has 0 amide bonds. The molecule has 1 N–H and O–H groups in total. The first-order valence-corrected chi connectivity index (χ1v) is 4.66. The summed E-state index contributed by atoms with van der Waals surface area (Å²) < 4.78 is 12.9. The van der Waals surface area contributed by atoms with Crippen molar-refractivity contribution in [3.05, 3.63) is 41.5 Å². The van der Waals surface area contributed by atoms with Gasteiger partial charge in [0.2, 0.25) is 0 Å². The summed E-state index contributed by atoms with van der Waals surface area (Å²) in [5.74, 6) is -0.269. The maximum absolute atomic E-state index is 12.9. The van der Waals surface area contributed by atoms with Crippen molar-refractivity contribution in [2.45, 2.75) is 24.9 Å². The molecule has 2 nitrogen and oxygen atoms in total. The molecule has 72 valence electrons. The largest absolute Gasteiger partial charge is 0.314 e. The molecular weight excluding hydrogens is 179 g/mol. The summed E-state index contributed by atoms with van der Waals surface area (Å²) in [5, 5.41) is 3.09. The van der Waals surface area contributed by atoms with Gasteiger partial charge in [-0.2, -0.15) is 0 Å². The van der Waals surface area contributed by atoms with Crippen LogP contribution >= 0.6 is 0 Å². The van der Waals surface area contributed by atoms with Gasteiger partial charge >= 0.3 is 5.66 Å². The van der Waals surface area contributed by atoms with Gasteiger partial charge in [0.25, 0.3) is 0 Å². The van der Waals surface area contributed by atoms with Crippen molar-refractivity contribution in [1.82, 2.24) is 0 Å². The Labute approximate surface area is 82.6 Å². The fraction of sp³-hybridized carbons (Fsp3) is 0.364. The Kier molecular flexibility index (Phi) is 2.12. The molecule has 0 aliphatic heterocycles. The molecular formula is C11H11FN2. The van der Waals surface area contributed by atoms with E-state index in [1.54, 1.807) is 12.1 Å². The van der Waals surface area contributed by atoms with Gasteiger partial charge in [-0.15, -0.1) is 0 Å². The van der Waals surface area contributed by atoms with Crippen LogP contribution in [0.2, 0.25) is 0 Å². The van der Waals surface area contributed by atoms with Crippen molar-refractivity contribution in [2.24, 2.45) is 0 Å². The van der Waals surface area contributed by atoms with Crippen LogP contribution in [-0.2, 0) is 0 Å². The van der Waals surface area contributed by atoms with E-state index in [9.17, 15) is 4.39 Å². The molecule has 1 aromatic rings. The van der Waals surface area contributed by atoms with Gasteiger partial charge in [-0.05, 0) is 24.6 Å². The normalized spacial score (nSPS) is 18.0. The third-order valence-corrected chi connectivity index (χ3v) is 2.60. The van der Waals surface area contributed by atoms with Gasteiger partial charge in [0.05, 0.1) is 0 Å². The fourth-order valence-corrected chi connectivity index (χ4v) is 1.61. The zero-order valence-electron chi connectivity index (χ0n) is 7.76. The van der Waals surface area contributed by atoms with Crippen LogP contribution in [0.3, 0.4) is 0 Å². The molecule has 14 heavy (non-hydrogen) atoms. The zero-order valence-corrected chi connectivity index (χ0v) is 7.76. The summed E-state index contributed by atoms with van der Waals surface area (Å²) in [6.45, 7) is 7.08. The Morgan fingerprint density at radius 2 is 2.21 bits per heavy atom.